The first-order valence-electron chi connectivity index (χ1n) is 9.00. The molecule has 1 aromatic rings. The molecule has 0 heterocycles. The number of hydrogen-bond donors (Lipinski definition) is 2. The van der Waals surface area contributed by atoms with Crippen LogP contribution in [0.4, 0.5) is 0 Å². The van der Waals surface area contributed by atoms with E-state index in [0.717, 1.165) is 11.1 Å². The van der Waals surface area contributed by atoms with Crippen molar-refractivity contribution in [3.05, 3.63) is 78.4 Å². The van der Waals surface area contributed by atoms with Crippen LogP contribution in [0.2, 0.25) is 0 Å². The van der Waals surface area contributed by atoms with Crippen molar-refractivity contribution >= 4 is 29.5 Å². The molecular formula is C23H26O7. The Morgan fingerprint density at radius 1 is 1.00 bits per heavy atom. The van der Waals surface area contributed by atoms with Crippen molar-refractivity contribution in [3.63, 3.8) is 0 Å². The lowest BCUT2D eigenvalue weighted by Gasteiger charge is -2.11. The number of benzene rings is 1. The normalized spacial score (nSPS) is 11.6. The smallest absolute Gasteiger partial charge is 0.341 e. The Labute approximate surface area is 175 Å². The quantitative estimate of drug-likeness (QED) is 0.374. The van der Waals surface area contributed by atoms with Crippen molar-refractivity contribution in [1.82, 2.24) is 0 Å². The summed E-state index contributed by atoms with van der Waals surface area (Å²) in [7, 11) is 0. The Hall–Kier alpha value is -3.74. The molecule has 0 aliphatic carbocycles. The molecule has 1 unspecified atom stereocenters. The lowest BCUT2D eigenvalue weighted by Crippen LogP contribution is -2.17. The maximum atomic E-state index is 11.9. The zero-order chi connectivity index (χ0) is 23.3. The molecule has 0 radical (unpaired) electrons. The number of carbonyl (C=O) groups is 4. The number of esters is 2. The number of hydrogen-bond acceptors (Lipinski definition) is 5. The van der Waals surface area contributed by atoms with Gasteiger partial charge in [-0.15, -0.1) is 0 Å². The summed E-state index contributed by atoms with van der Waals surface area (Å²) in [6.07, 6.45) is 3.49. The predicted octanol–water partition coefficient (Wildman–Crippen LogP) is 4.03. The van der Waals surface area contributed by atoms with Crippen molar-refractivity contribution in [3.8, 4) is 0 Å². The molecule has 2 N–H and O–H groups in total. The number of ether oxygens (including phenoxy) is 1. The fourth-order valence-electron chi connectivity index (χ4n) is 1.97. The average molecular weight is 414 g/mol. The van der Waals surface area contributed by atoms with Crippen LogP contribution in [-0.2, 0) is 23.9 Å². The number of aliphatic carboxylic acids is 2. The molecule has 0 saturated carbocycles. The van der Waals surface area contributed by atoms with Crippen LogP contribution in [0, 0.1) is 5.92 Å². The van der Waals surface area contributed by atoms with Gasteiger partial charge in [-0.1, -0.05) is 63.4 Å². The minimum absolute atomic E-state index is 0.226. The van der Waals surface area contributed by atoms with Crippen molar-refractivity contribution < 1.29 is 34.1 Å². The van der Waals surface area contributed by atoms with E-state index in [1.165, 1.54) is 0 Å². The van der Waals surface area contributed by atoms with Crippen molar-refractivity contribution in [2.45, 2.75) is 27.2 Å². The van der Waals surface area contributed by atoms with Gasteiger partial charge in [-0.25, -0.2) is 19.2 Å². The average Bonchev–Trinajstić information content (AvgIpc) is 2.71. The monoisotopic (exact) mass is 414 g/mol. The minimum atomic E-state index is -1.26. The van der Waals surface area contributed by atoms with Crippen LogP contribution in [0.25, 0.3) is 5.57 Å². The van der Waals surface area contributed by atoms with E-state index in [1.54, 1.807) is 6.92 Å². The topological polar surface area (TPSA) is 118 Å². The fraction of sp³-hybridized carbons (Fsp3) is 0.217. The van der Waals surface area contributed by atoms with Crippen LogP contribution < -0.4 is 0 Å². The lowest BCUT2D eigenvalue weighted by atomic mass is 9.97. The summed E-state index contributed by atoms with van der Waals surface area (Å²) in [6.45, 7) is 12.9. The highest BCUT2D eigenvalue weighted by atomic mass is 16.6. The number of carbonyl (C=O) groups excluding carboxylic acids is 2. The fourth-order valence-corrected chi connectivity index (χ4v) is 1.97. The van der Waals surface area contributed by atoms with Gasteiger partial charge < -0.3 is 14.9 Å². The third kappa shape index (κ3) is 10.6. The third-order valence-corrected chi connectivity index (χ3v) is 3.81. The second kappa shape index (κ2) is 13.4. The van der Waals surface area contributed by atoms with Crippen molar-refractivity contribution in [1.29, 1.82) is 0 Å². The molecule has 7 heteroatoms. The summed E-state index contributed by atoms with van der Waals surface area (Å²) >= 11 is 0. The molecule has 0 amide bonds. The summed E-state index contributed by atoms with van der Waals surface area (Å²) in [5.41, 5.74) is 2.62. The molecule has 160 valence electrons. The second-order valence-electron chi connectivity index (χ2n) is 6.17. The molecule has 0 bridgehead atoms. The van der Waals surface area contributed by atoms with Crippen LogP contribution in [0.5, 0.6) is 0 Å². The zero-order valence-corrected chi connectivity index (χ0v) is 17.3. The number of carboxylic acids is 2. The standard InChI is InChI=1S/C19H22O3.C4H4O4/c1-6-13(2)18(20)22-19(21)16(5)14(3)12-15(4)17-10-8-7-9-11-17;5-3(6)1-2-4(7)8/h7-12,14H,2,5-6H2,1,3-4H3;1-2H,(H,5,6)(H,7,8)/b;2-1-. The highest BCUT2D eigenvalue weighted by Gasteiger charge is 2.19. The summed E-state index contributed by atoms with van der Waals surface area (Å²) < 4.78 is 4.77. The van der Waals surface area contributed by atoms with Crippen LogP contribution in [0.1, 0.15) is 32.8 Å². The Bertz CT molecular complexity index is 845. The second-order valence-corrected chi connectivity index (χ2v) is 6.17. The summed E-state index contributed by atoms with van der Waals surface area (Å²) in [6, 6.07) is 9.84. The molecule has 0 fully saturated rings. The van der Waals surface area contributed by atoms with Gasteiger partial charge in [0.05, 0.1) is 0 Å². The molecule has 0 spiro atoms. The molecule has 0 aromatic heterocycles. The summed E-state index contributed by atoms with van der Waals surface area (Å²) in [4.78, 5) is 42.6. The Morgan fingerprint density at radius 2 is 1.50 bits per heavy atom. The first-order chi connectivity index (χ1) is 14.0. The Morgan fingerprint density at radius 3 is 1.93 bits per heavy atom. The molecule has 30 heavy (non-hydrogen) atoms. The van der Waals surface area contributed by atoms with E-state index in [4.69, 9.17) is 14.9 Å². The van der Waals surface area contributed by atoms with Crippen LogP contribution in [0.3, 0.4) is 0 Å². The van der Waals surface area contributed by atoms with Crippen LogP contribution in [0.15, 0.2) is 72.9 Å². The van der Waals surface area contributed by atoms with Crippen LogP contribution >= 0.6 is 0 Å². The van der Waals surface area contributed by atoms with Gasteiger partial charge in [0.2, 0.25) is 0 Å². The number of rotatable bonds is 8. The van der Waals surface area contributed by atoms with Crippen molar-refractivity contribution in [2.24, 2.45) is 5.92 Å². The Kier molecular flexibility index (Phi) is 11.8. The molecule has 0 aliphatic heterocycles. The summed E-state index contributed by atoms with van der Waals surface area (Å²) in [5, 5.41) is 15.6. The van der Waals surface area contributed by atoms with Gasteiger partial charge in [-0.2, -0.15) is 0 Å². The van der Waals surface area contributed by atoms with E-state index in [-0.39, 0.29) is 17.1 Å². The highest BCUT2D eigenvalue weighted by Crippen LogP contribution is 2.20. The van der Waals surface area contributed by atoms with Gasteiger partial charge in [0.1, 0.15) is 0 Å². The van der Waals surface area contributed by atoms with E-state index < -0.39 is 23.9 Å². The van der Waals surface area contributed by atoms with E-state index in [9.17, 15) is 19.2 Å². The van der Waals surface area contributed by atoms with Gasteiger partial charge in [0, 0.05) is 29.2 Å². The van der Waals surface area contributed by atoms with Gasteiger partial charge >= 0.3 is 23.9 Å². The first-order valence-corrected chi connectivity index (χ1v) is 9.00. The van der Waals surface area contributed by atoms with Gasteiger partial charge in [0.15, 0.2) is 0 Å². The highest BCUT2D eigenvalue weighted by molar-refractivity contribution is 6.01. The molecule has 1 aromatic carbocycles. The van der Waals surface area contributed by atoms with E-state index in [1.807, 2.05) is 50.3 Å². The molecule has 7 nitrogen and oxygen atoms in total. The molecule has 1 atom stereocenters. The maximum Gasteiger partial charge on any atom is 0.341 e. The van der Waals surface area contributed by atoms with E-state index >= 15 is 0 Å². The number of allylic oxidation sites excluding steroid dienone is 2. The zero-order valence-electron chi connectivity index (χ0n) is 17.3. The lowest BCUT2D eigenvalue weighted by molar-refractivity contribution is -0.154. The van der Waals surface area contributed by atoms with Gasteiger partial charge in [-0.3, -0.25) is 0 Å². The largest absolute Gasteiger partial charge is 0.478 e. The molecular weight excluding hydrogens is 388 g/mol. The van der Waals surface area contributed by atoms with E-state index in [0.29, 0.717) is 18.6 Å². The minimum Gasteiger partial charge on any atom is -0.478 e. The van der Waals surface area contributed by atoms with Gasteiger partial charge in [0.25, 0.3) is 0 Å². The third-order valence-electron chi connectivity index (χ3n) is 3.81. The molecule has 0 saturated heterocycles. The van der Waals surface area contributed by atoms with Crippen LogP contribution in [-0.4, -0.2) is 34.1 Å². The predicted molar refractivity (Wildman–Crippen MR) is 113 cm³/mol. The number of carboxylic acid groups (broad SMARTS) is 2. The first kappa shape index (κ1) is 26.3. The molecule has 0 aliphatic rings. The maximum absolute atomic E-state index is 11.9. The summed E-state index contributed by atoms with van der Waals surface area (Å²) in [5.74, 6) is -4.14. The SMILES string of the molecule is C=C(CC)C(=O)OC(=O)C(=C)C(C)C=C(C)c1ccccc1.O=C(O)/C=C\C(=O)O. The Balaban J connectivity index is 0.000000890. The van der Waals surface area contributed by atoms with Crippen molar-refractivity contribution in [2.75, 3.05) is 0 Å². The van der Waals surface area contributed by atoms with E-state index in [2.05, 4.69) is 13.2 Å². The van der Waals surface area contributed by atoms with Gasteiger partial charge in [-0.05, 0) is 24.5 Å². The molecule has 1 rings (SSSR count).